The molecular formula is C7H15NaO2Si. The number of rotatable bonds is 2. The van der Waals surface area contributed by atoms with E-state index in [9.17, 15) is 5.11 Å². The van der Waals surface area contributed by atoms with Crippen LogP contribution in [0.25, 0.3) is 0 Å². The molecule has 0 aliphatic carbocycles. The number of hydrogen-bond acceptors (Lipinski definition) is 2. The van der Waals surface area contributed by atoms with E-state index in [1.807, 2.05) is 0 Å². The van der Waals surface area contributed by atoms with E-state index in [2.05, 4.69) is 6.92 Å². The summed E-state index contributed by atoms with van der Waals surface area (Å²) >= 11 is 0. The van der Waals surface area contributed by atoms with Crippen molar-refractivity contribution in [3.05, 3.63) is 0 Å². The third-order valence-electron chi connectivity index (χ3n) is 1.95. The van der Waals surface area contributed by atoms with E-state index in [4.69, 9.17) is 4.74 Å². The second-order valence-electron chi connectivity index (χ2n) is 2.97. The minimum absolute atomic E-state index is 0. The van der Waals surface area contributed by atoms with Crippen molar-refractivity contribution in [2.45, 2.75) is 37.6 Å². The number of hydrogen-bond donors (Lipinski definition) is 0. The van der Waals surface area contributed by atoms with Gasteiger partial charge in [0.2, 0.25) is 0 Å². The van der Waals surface area contributed by atoms with Crippen LogP contribution in [0.15, 0.2) is 0 Å². The topological polar surface area (TPSA) is 32.3 Å². The maximum absolute atomic E-state index is 11.6. The number of ether oxygens (including phenoxy) is 1. The van der Waals surface area contributed by atoms with Crippen LogP contribution in [0.3, 0.4) is 0 Å². The fourth-order valence-electron chi connectivity index (χ4n) is 1.40. The van der Waals surface area contributed by atoms with Crippen molar-refractivity contribution < 1.29 is 39.4 Å². The zero-order valence-electron chi connectivity index (χ0n) is 7.56. The third kappa shape index (κ3) is 4.06. The molecule has 1 fully saturated rings. The van der Waals surface area contributed by atoms with Gasteiger partial charge in [-0.3, -0.25) is 0 Å². The molecule has 0 N–H and O–H groups in total. The summed E-state index contributed by atoms with van der Waals surface area (Å²) in [6.45, 7) is 2.79. The van der Waals surface area contributed by atoms with Crippen molar-refractivity contribution >= 4 is 9.52 Å². The van der Waals surface area contributed by atoms with Crippen molar-refractivity contribution in [1.29, 1.82) is 0 Å². The first-order valence-corrected chi connectivity index (χ1v) is 5.82. The maximum atomic E-state index is 11.6. The van der Waals surface area contributed by atoms with Crippen molar-refractivity contribution in [1.82, 2.24) is 0 Å². The van der Waals surface area contributed by atoms with Gasteiger partial charge in [-0.1, -0.05) is 19.4 Å². The minimum atomic E-state index is -0.882. The van der Waals surface area contributed by atoms with Crippen LogP contribution >= 0.6 is 0 Å². The van der Waals surface area contributed by atoms with Crippen LogP contribution in [0.4, 0.5) is 0 Å². The van der Waals surface area contributed by atoms with Gasteiger partial charge in [-0.15, -0.1) is 0 Å². The molecular weight excluding hydrogens is 167 g/mol. The maximum Gasteiger partial charge on any atom is 1.00 e. The van der Waals surface area contributed by atoms with Gasteiger partial charge in [0.1, 0.15) is 0 Å². The van der Waals surface area contributed by atoms with E-state index < -0.39 is 14.9 Å². The van der Waals surface area contributed by atoms with Gasteiger partial charge in [0, 0.05) is 16.1 Å². The summed E-state index contributed by atoms with van der Waals surface area (Å²) in [5, 5.41) is 11.6. The molecule has 0 aromatic rings. The van der Waals surface area contributed by atoms with Crippen molar-refractivity contribution in [2.24, 2.45) is 0 Å². The van der Waals surface area contributed by atoms with Crippen LogP contribution in [0, 0.1) is 0 Å². The molecule has 1 aliphatic heterocycles. The molecule has 1 aliphatic rings. The van der Waals surface area contributed by atoms with Gasteiger partial charge in [0.05, 0.1) is 0 Å². The Morgan fingerprint density at radius 3 is 2.73 bits per heavy atom. The second kappa shape index (κ2) is 5.73. The Labute approximate surface area is 92.8 Å². The Morgan fingerprint density at radius 1 is 1.55 bits per heavy atom. The predicted molar refractivity (Wildman–Crippen MR) is 41.6 cm³/mol. The molecule has 0 spiro atoms. The first kappa shape index (κ1) is 12.1. The standard InChI is InChI=1S/C7H15O2Si.Na/c1-2-10-7(8)5-3-4-6-9-7;/h2-6,10H2,1H3;/q-1;+1. The molecule has 0 aromatic carbocycles. The third-order valence-corrected chi connectivity index (χ3v) is 3.77. The molecule has 1 rings (SSSR count). The van der Waals surface area contributed by atoms with E-state index in [0.717, 1.165) is 25.3 Å². The van der Waals surface area contributed by atoms with Crippen LogP contribution in [0.5, 0.6) is 0 Å². The Hall–Kier alpha value is 1.14. The van der Waals surface area contributed by atoms with Gasteiger partial charge in [0.25, 0.3) is 0 Å². The van der Waals surface area contributed by atoms with Gasteiger partial charge >= 0.3 is 29.6 Å². The Balaban J connectivity index is 0.000001000. The Morgan fingerprint density at radius 2 is 2.27 bits per heavy atom. The zero-order valence-corrected chi connectivity index (χ0v) is 11.0. The molecule has 1 unspecified atom stereocenters. The van der Waals surface area contributed by atoms with E-state index in [0.29, 0.717) is 6.61 Å². The molecule has 1 atom stereocenters. The fraction of sp³-hybridized carbons (Fsp3) is 1.00. The molecule has 0 radical (unpaired) electrons. The molecule has 0 aromatic heterocycles. The second-order valence-corrected chi connectivity index (χ2v) is 5.54. The van der Waals surface area contributed by atoms with Crippen molar-refractivity contribution in [3.8, 4) is 0 Å². The molecule has 11 heavy (non-hydrogen) atoms. The monoisotopic (exact) mass is 182 g/mol. The van der Waals surface area contributed by atoms with Crippen LogP contribution < -0.4 is 34.7 Å². The molecule has 0 amide bonds. The van der Waals surface area contributed by atoms with Gasteiger partial charge < -0.3 is 9.84 Å². The van der Waals surface area contributed by atoms with Crippen LogP contribution in [-0.2, 0) is 4.74 Å². The zero-order chi connectivity index (χ0) is 7.45. The molecule has 0 saturated carbocycles. The smallest absolute Gasteiger partial charge is 0.831 e. The van der Waals surface area contributed by atoms with E-state index in [-0.39, 0.29) is 29.6 Å². The largest absolute Gasteiger partial charge is 1.00 e. The first-order valence-electron chi connectivity index (χ1n) is 4.11. The summed E-state index contributed by atoms with van der Waals surface area (Å²) in [4.78, 5) is 0. The summed E-state index contributed by atoms with van der Waals surface area (Å²) in [5.74, 6) is 0. The SMILES string of the molecule is CC[SiH2]C1([O-])CCCCO1.[Na+]. The van der Waals surface area contributed by atoms with Crippen LogP contribution in [-0.4, -0.2) is 21.5 Å². The molecule has 0 bridgehead atoms. The van der Waals surface area contributed by atoms with Crippen LogP contribution in [0.1, 0.15) is 26.2 Å². The summed E-state index contributed by atoms with van der Waals surface area (Å²) in [5.41, 5.74) is -0.882. The van der Waals surface area contributed by atoms with Crippen LogP contribution in [0.2, 0.25) is 6.04 Å². The van der Waals surface area contributed by atoms with Gasteiger partial charge in [0.15, 0.2) is 0 Å². The molecule has 4 heteroatoms. The van der Waals surface area contributed by atoms with Crippen molar-refractivity contribution in [3.63, 3.8) is 0 Å². The Kier molecular flexibility index (Phi) is 6.32. The molecule has 60 valence electrons. The summed E-state index contributed by atoms with van der Waals surface area (Å²) < 4.78 is 5.21. The van der Waals surface area contributed by atoms with E-state index in [1.54, 1.807) is 0 Å². The predicted octanol–water partition coefficient (Wildman–Crippen LogP) is -3.19. The molecule has 1 saturated heterocycles. The Bertz CT molecular complexity index is 99.1. The normalized spacial score (nSPS) is 32.2. The summed E-state index contributed by atoms with van der Waals surface area (Å²) in [7, 11) is -0.498. The average Bonchev–Trinajstić information content (AvgIpc) is 1.89. The van der Waals surface area contributed by atoms with Gasteiger partial charge in [-0.05, 0) is 18.3 Å². The quantitative estimate of drug-likeness (QED) is 0.422. The first-order chi connectivity index (χ1) is 4.77. The van der Waals surface area contributed by atoms with E-state index in [1.165, 1.54) is 0 Å². The molecule has 1 heterocycles. The van der Waals surface area contributed by atoms with Crippen molar-refractivity contribution in [2.75, 3.05) is 6.61 Å². The summed E-state index contributed by atoms with van der Waals surface area (Å²) in [6.07, 6.45) is 2.94. The van der Waals surface area contributed by atoms with Gasteiger partial charge in [-0.2, -0.15) is 0 Å². The molecule has 2 nitrogen and oxygen atoms in total. The van der Waals surface area contributed by atoms with Gasteiger partial charge in [-0.25, -0.2) is 0 Å². The average molecular weight is 182 g/mol. The minimum Gasteiger partial charge on any atom is -0.831 e. The summed E-state index contributed by atoms with van der Waals surface area (Å²) in [6, 6.07) is 1.07. The fourth-order valence-corrected chi connectivity index (χ4v) is 2.96. The van der Waals surface area contributed by atoms with E-state index >= 15 is 0 Å².